The van der Waals surface area contributed by atoms with Crippen molar-refractivity contribution in [2.75, 3.05) is 0 Å². The molecule has 102 valence electrons. The van der Waals surface area contributed by atoms with E-state index in [2.05, 4.69) is 10.4 Å². The zero-order valence-corrected chi connectivity index (χ0v) is 12.9. The summed E-state index contributed by atoms with van der Waals surface area (Å²) in [6.45, 7) is 3.30. The quantitative estimate of drug-likeness (QED) is 0.864. The molecule has 0 aliphatic carbocycles. The first kappa shape index (κ1) is 14.7. The lowest BCUT2D eigenvalue weighted by molar-refractivity contribution is 0.685. The Hall–Kier alpha value is -0.740. The van der Waals surface area contributed by atoms with Crippen LogP contribution in [0.2, 0.25) is 15.1 Å². The number of hydrogen-bond acceptors (Lipinski definition) is 2. The molecule has 0 fully saturated rings. The summed E-state index contributed by atoms with van der Waals surface area (Å²) in [5.74, 6) is 0. The van der Waals surface area contributed by atoms with E-state index in [9.17, 15) is 0 Å². The van der Waals surface area contributed by atoms with Gasteiger partial charge >= 0.3 is 0 Å². The Morgan fingerprint density at radius 1 is 1.16 bits per heavy atom. The lowest BCUT2D eigenvalue weighted by atomic mass is 10.2. The molecule has 1 heterocycles. The highest BCUT2D eigenvalue weighted by Crippen LogP contribution is 2.31. The lowest BCUT2D eigenvalue weighted by Crippen LogP contribution is -2.14. The van der Waals surface area contributed by atoms with Gasteiger partial charge in [0.2, 0.25) is 0 Å². The molecule has 0 aliphatic rings. The maximum absolute atomic E-state index is 6.14. The first-order chi connectivity index (χ1) is 9.00. The maximum atomic E-state index is 6.14. The molecule has 0 aliphatic heterocycles. The third kappa shape index (κ3) is 3.23. The number of halogens is 3. The zero-order valence-electron chi connectivity index (χ0n) is 10.7. The molecule has 0 saturated heterocycles. The third-order valence-corrected chi connectivity index (χ3v) is 4.29. The molecule has 1 aromatic carbocycles. The summed E-state index contributed by atoms with van der Waals surface area (Å²) in [5, 5.41) is 9.13. The van der Waals surface area contributed by atoms with Gasteiger partial charge in [-0.1, -0.05) is 34.8 Å². The molecule has 0 saturated carbocycles. The first-order valence-electron chi connectivity index (χ1n) is 5.81. The first-order valence-corrected chi connectivity index (χ1v) is 6.94. The predicted octanol–water partition coefficient (Wildman–Crippen LogP) is 3.98. The molecule has 0 atom stereocenters. The van der Waals surface area contributed by atoms with Gasteiger partial charge in [0, 0.05) is 42.0 Å². The van der Waals surface area contributed by atoms with E-state index in [1.165, 1.54) is 0 Å². The predicted molar refractivity (Wildman–Crippen MR) is 80.0 cm³/mol. The van der Waals surface area contributed by atoms with Gasteiger partial charge in [0.15, 0.2) is 0 Å². The minimum absolute atomic E-state index is 0.504. The number of rotatable bonds is 4. The van der Waals surface area contributed by atoms with Crippen molar-refractivity contribution >= 4 is 34.8 Å². The Morgan fingerprint density at radius 3 is 2.47 bits per heavy atom. The number of hydrogen-bond donors (Lipinski definition) is 1. The van der Waals surface area contributed by atoms with Crippen molar-refractivity contribution in [3.05, 3.63) is 50.2 Å². The molecule has 0 spiro atoms. The molecule has 19 heavy (non-hydrogen) atoms. The van der Waals surface area contributed by atoms with Crippen LogP contribution in [0.3, 0.4) is 0 Å². The topological polar surface area (TPSA) is 29.9 Å². The van der Waals surface area contributed by atoms with Crippen molar-refractivity contribution < 1.29 is 0 Å². The summed E-state index contributed by atoms with van der Waals surface area (Å²) in [7, 11) is 1.92. The smallest absolute Gasteiger partial charge is 0.0652 e. The number of aryl methyl sites for hydroxylation is 1. The summed E-state index contributed by atoms with van der Waals surface area (Å²) < 4.78 is 1.84. The summed E-state index contributed by atoms with van der Waals surface area (Å²) in [6.07, 6.45) is 1.85. The van der Waals surface area contributed by atoms with Crippen LogP contribution in [0.4, 0.5) is 0 Å². The molecule has 0 radical (unpaired) electrons. The summed E-state index contributed by atoms with van der Waals surface area (Å²) >= 11 is 18.2. The number of nitrogens with one attached hydrogen (secondary N) is 1. The van der Waals surface area contributed by atoms with Crippen LogP contribution >= 0.6 is 34.8 Å². The fourth-order valence-corrected chi connectivity index (χ4v) is 2.45. The SMILES string of the molecule is Cc1c(CNCc2c(Cl)ccc(Cl)c2Cl)cnn1C. The molecular weight excluding hydrogens is 305 g/mol. The summed E-state index contributed by atoms with van der Waals surface area (Å²) in [5.41, 5.74) is 3.10. The van der Waals surface area contributed by atoms with Crippen LogP contribution in [0.15, 0.2) is 18.3 Å². The van der Waals surface area contributed by atoms with Crippen LogP contribution in [0.1, 0.15) is 16.8 Å². The Balaban J connectivity index is 2.04. The average molecular weight is 319 g/mol. The van der Waals surface area contributed by atoms with Crippen molar-refractivity contribution in [2.24, 2.45) is 7.05 Å². The van der Waals surface area contributed by atoms with Gasteiger partial charge in [-0.3, -0.25) is 4.68 Å². The zero-order chi connectivity index (χ0) is 14.0. The number of benzene rings is 1. The van der Waals surface area contributed by atoms with Crippen molar-refractivity contribution in [1.82, 2.24) is 15.1 Å². The van der Waals surface area contributed by atoms with E-state index in [-0.39, 0.29) is 0 Å². The van der Waals surface area contributed by atoms with Crippen LogP contribution in [0, 0.1) is 6.92 Å². The lowest BCUT2D eigenvalue weighted by Gasteiger charge is -2.09. The summed E-state index contributed by atoms with van der Waals surface area (Å²) in [6, 6.07) is 3.45. The van der Waals surface area contributed by atoms with E-state index in [1.54, 1.807) is 12.1 Å². The van der Waals surface area contributed by atoms with E-state index in [0.29, 0.717) is 28.2 Å². The molecule has 0 amide bonds. The normalized spacial score (nSPS) is 11.0. The Bertz CT molecular complexity index is 593. The fourth-order valence-electron chi connectivity index (χ4n) is 1.77. The van der Waals surface area contributed by atoms with Gasteiger partial charge in [0.05, 0.1) is 16.2 Å². The van der Waals surface area contributed by atoms with Crippen LogP contribution in [0.25, 0.3) is 0 Å². The van der Waals surface area contributed by atoms with Crippen LogP contribution in [-0.4, -0.2) is 9.78 Å². The second-order valence-corrected chi connectivity index (χ2v) is 5.50. The van der Waals surface area contributed by atoms with Gasteiger partial charge in [0.1, 0.15) is 0 Å². The largest absolute Gasteiger partial charge is 0.308 e. The van der Waals surface area contributed by atoms with Crippen molar-refractivity contribution in [2.45, 2.75) is 20.0 Å². The molecule has 2 aromatic rings. The summed E-state index contributed by atoms with van der Waals surface area (Å²) in [4.78, 5) is 0. The fraction of sp³-hybridized carbons (Fsp3) is 0.308. The monoisotopic (exact) mass is 317 g/mol. The second kappa shape index (κ2) is 6.14. The molecule has 1 aromatic heterocycles. The van der Waals surface area contributed by atoms with E-state index in [0.717, 1.165) is 16.8 Å². The highest BCUT2D eigenvalue weighted by atomic mass is 35.5. The molecule has 2 rings (SSSR count). The van der Waals surface area contributed by atoms with Crippen LogP contribution in [0.5, 0.6) is 0 Å². The minimum Gasteiger partial charge on any atom is -0.308 e. The van der Waals surface area contributed by atoms with Crippen LogP contribution < -0.4 is 5.32 Å². The van der Waals surface area contributed by atoms with Crippen molar-refractivity contribution in [3.8, 4) is 0 Å². The molecule has 1 N–H and O–H groups in total. The minimum atomic E-state index is 0.504. The van der Waals surface area contributed by atoms with Gasteiger partial charge in [-0.15, -0.1) is 0 Å². The standard InChI is InChI=1S/C13H14Cl3N3/c1-8-9(6-18-19(8)2)5-17-7-10-11(14)3-4-12(15)13(10)16/h3-4,6,17H,5,7H2,1-2H3. The average Bonchev–Trinajstić information content (AvgIpc) is 2.70. The van der Waals surface area contributed by atoms with Crippen molar-refractivity contribution in [3.63, 3.8) is 0 Å². The van der Waals surface area contributed by atoms with E-state index in [4.69, 9.17) is 34.8 Å². The van der Waals surface area contributed by atoms with E-state index in [1.807, 2.05) is 24.9 Å². The van der Waals surface area contributed by atoms with Gasteiger partial charge in [-0.05, 0) is 19.1 Å². The second-order valence-electron chi connectivity index (χ2n) is 4.30. The molecular formula is C13H14Cl3N3. The van der Waals surface area contributed by atoms with Gasteiger partial charge < -0.3 is 5.32 Å². The van der Waals surface area contributed by atoms with Gasteiger partial charge in [0.25, 0.3) is 0 Å². The highest BCUT2D eigenvalue weighted by Gasteiger charge is 2.10. The van der Waals surface area contributed by atoms with E-state index < -0.39 is 0 Å². The van der Waals surface area contributed by atoms with Crippen molar-refractivity contribution in [1.29, 1.82) is 0 Å². The Labute approximate surface area is 127 Å². The molecule has 0 bridgehead atoms. The number of nitrogens with zero attached hydrogens (tertiary/aromatic N) is 2. The third-order valence-electron chi connectivity index (χ3n) is 3.09. The van der Waals surface area contributed by atoms with E-state index >= 15 is 0 Å². The molecule has 0 unspecified atom stereocenters. The molecule has 6 heteroatoms. The highest BCUT2D eigenvalue weighted by molar-refractivity contribution is 6.44. The Kier molecular flexibility index (Phi) is 4.74. The Morgan fingerprint density at radius 2 is 1.84 bits per heavy atom. The number of aromatic nitrogens is 2. The van der Waals surface area contributed by atoms with Gasteiger partial charge in [-0.25, -0.2) is 0 Å². The van der Waals surface area contributed by atoms with Crippen LogP contribution in [-0.2, 0) is 20.1 Å². The van der Waals surface area contributed by atoms with Gasteiger partial charge in [-0.2, -0.15) is 5.10 Å². The molecule has 3 nitrogen and oxygen atoms in total. The maximum Gasteiger partial charge on any atom is 0.0652 e.